The first kappa shape index (κ1) is 19.8. The number of aryl methyl sites for hydroxylation is 1. The van der Waals surface area contributed by atoms with E-state index < -0.39 is 23.3 Å². The summed E-state index contributed by atoms with van der Waals surface area (Å²) in [7, 11) is 0. The zero-order chi connectivity index (χ0) is 20.4. The summed E-state index contributed by atoms with van der Waals surface area (Å²) >= 11 is 0. The molecule has 2 aromatic rings. The number of carboxylic acids is 1. The predicted octanol–water partition coefficient (Wildman–Crippen LogP) is 4.93. The summed E-state index contributed by atoms with van der Waals surface area (Å²) < 4.78 is 38.4. The number of alkyl halides is 3. The van der Waals surface area contributed by atoms with Crippen molar-refractivity contribution >= 4 is 11.5 Å². The van der Waals surface area contributed by atoms with E-state index in [1.165, 1.54) is 0 Å². The van der Waals surface area contributed by atoms with Gasteiger partial charge in [0.25, 0.3) is 0 Å². The minimum Gasteiger partial charge on any atom is -0.481 e. The quantitative estimate of drug-likeness (QED) is 0.789. The van der Waals surface area contributed by atoms with Crippen LogP contribution in [0.15, 0.2) is 60.3 Å². The number of aliphatic carboxylic acids is 1. The highest BCUT2D eigenvalue weighted by Crippen LogP contribution is 2.39. The molecule has 1 atom stereocenters. The molecule has 1 unspecified atom stereocenters. The maximum absolute atomic E-state index is 12.8. The van der Waals surface area contributed by atoms with Crippen molar-refractivity contribution in [3.05, 3.63) is 77.4 Å². The summed E-state index contributed by atoms with van der Waals surface area (Å²) in [6, 6.07) is 10.3. The summed E-state index contributed by atoms with van der Waals surface area (Å²) in [5, 5.41) is 9.67. The third-order valence-electron chi connectivity index (χ3n) is 4.69. The molecular weight excluding hydrogens is 369 g/mol. The van der Waals surface area contributed by atoms with Gasteiger partial charge in [-0.2, -0.15) is 13.2 Å². The van der Waals surface area contributed by atoms with Gasteiger partial charge in [-0.3, -0.25) is 4.79 Å². The van der Waals surface area contributed by atoms with E-state index in [0.717, 1.165) is 29.0 Å². The van der Waals surface area contributed by atoms with Crippen LogP contribution in [-0.2, 0) is 17.4 Å². The number of rotatable bonds is 5. The number of carbonyl (C=O) groups is 1. The molecule has 1 aliphatic carbocycles. The number of carboxylic acid groups (broad SMARTS) is 1. The molecule has 0 spiro atoms. The van der Waals surface area contributed by atoms with Crippen LogP contribution in [0.4, 0.5) is 13.2 Å². The minimum absolute atomic E-state index is 0.0768. The summed E-state index contributed by atoms with van der Waals surface area (Å²) in [4.78, 5) is 19.3. The lowest BCUT2D eigenvalue weighted by Gasteiger charge is -2.28. The molecule has 146 valence electrons. The lowest BCUT2D eigenvalue weighted by molar-refractivity contribution is -0.145. The molecule has 28 heavy (non-hydrogen) atoms. The van der Waals surface area contributed by atoms with Crippen molar-refractivity contribution in [3.63, 3.8) is 0 Å². The van der Waals surface area contributed by atoms with E-state index in [-0.39, 0.29) is 12.2 Å². The number of halogens is 3. The molecule has 7 heteroatoms. The lowest BCUT2D eigenvalue weighted by Crippen LogP contribution is -2.28. The first-order valence-corrected chi connectivity index (χ1v) is 8.78. The fourth-order valence-electron chi connectivity index (χ4n) is 3.23. The maximum atomic E-state index is 12.8. The van der Waals surface area contributed by atoms with E-state index in [9.17, 15) is 23.1 Å². The Kier molecular flexibility index (Phi) is 5.36. The van der Waals surface area contributed by atoms with Gasteiger partial charge in [0.05, 0.1) is 5.41 Å². The Morgan fingerprint density at radius 1 is 1.18 bits per heavy atom. The number of hydrogen-bond acceptors (Lipinski definition) is 3. The Labute approximate surface area is 160 Å². The highest BCUT2D eigenvalue weighted by Gasteiger charge is 2.35. The molecule has 3 rings (SSSR count). The van der Waals surface area contributed by atoms with Crippen LogP contribution in [0.25, 0.3) is 5.57 Å². The molecule has 1 N–H and O–H groups in total. The van der Waals surface area contributed by atoms with E-state index in [0.29, 0.717) is 12.8 Å². The molecule has 0 aliphatic heterocycles. The molecule has 0 saturated carbocycles. The van der Waals surface area contributed by atoms with Crippen LogP contribution >= 0.6 is 0 Å². The van der Waals surface area contributed by atoms with Gasteiger partial charge in [0.1, 0.15) is 11.5 Å². The van der Waals surface area contributed by atoms with Crippen LogP contribution in [0.3, 0.4) is 0 Å². The van der Waals surface area contributed by atoms with E-state index in [1.54, 1.807) is 13.0 Å². The SMILES string of the molecule is CC1(C(=O)O)C=C(CCc2nccc(C(F)(F)F)n2)C=C(c2ccccc2)C1. The molecule has 0 amide bonds. The Morgan fingerprint density at radius 2 is 1.89 bits per heavy atom. The number of nitrogens with zero attached hydrogens (tertiary/aromatic N) is 2. The van der Waals surface area contributed by atoms with Crippen LogP contribution in [-0.4, -0.2) is 21.0 Å². The second-order valence-corrected chi connectivity index (χ2v) is 7.01. The number of hydrogen-bond donors (Lipinski definition) is 1. The van der Waals surface area contributed by atoms with Crippen molar-refractivity contribution in [1.82, 2.24) is 9.97 Å². The van der Waals surface area contributed by atoms with E-state index in [2.05, 4.69) is 9.97 Å². The van der Waals surface area contributed by atoms with Gasteiger partial charge in [0.2, 0.25) is 0 Å². The Hall–Kier alpha value is -2.96. The standard InChI is InChI=1S/C21H19F3N2O2/c1-20(19(27)28)12-14(11-16(13-20)15-5-3-2-4-6-15)7-8-18-25-10-9-17(26-18)21(22,23)24/h2-6,9-12H,7-8,13H2,1H3,(H,27,28). The van der Waals surface area contributed by atoms with Gasteiger partial charge in [-0.15, -0.1) is 0 Å². The summed E-state index contributed by atoms with van der Waals surface area (Å²) in [6.07, 6.45) is 1.03. The normalized spacial score (nSPS) is 19.7. The van der Waals surface area contributed by atoms with Crippen LogP contribution in [0.2, 0.25) is 0 Å². The van der Waals surface area contributed by atoms with Gasteiger partial charge in [-0.25, -0.2) is 9.97 Å². The molecule has 1 heterocycles. The number of aromatic nitrogens is 2. The van der Waals surface area contributed by atoms with Gasteiger partial charge in [0, 0.05) is 12.6 Å². The lowest BCUT2D eigenvalue weighted by atomic mass is 9.75. The molecule has 0 fully saturated rings. The fourth-order valence-corrected chi connectivity index (χ4v) is 3.23. The van der Waals surface area contributed by atoms with Crippen molar-refractivity contribution in [3.8, 4) is 0 Å². The highest BCUT2D eigenvalue weighted by atomic mass is 19.4. The second-order valence-electron chi connectivity index (χ2n) is 7.01. The van der Waals surface area contributed by atoms with Crippen LogP contribution in [0.1, 0.15) is 36.8 Å². The van der Waals surface area contributed by atoms with Gasteiger partial charge < -0.3 is 5.11 Å². The number of benzene rings is 1. The highest BCUT2D eigenvalue weighted by molar-refractivity contribution is 5.83. The van der Waals surface area contributed by atoms with E-state index in [1.807, 2.05) is 36.4 Å². The van der Waals surface area contributed by atoms with Gasteiger partial charge in [-0.1, -0.05) is 48.1 Å². The van der Waals surface area contributed by atoms with E-state index in [4.69, 9.17) is 0 Å². The minimum atomic E-state index is -4.52. The third-order valence-corrected chi connectivity index (χ3v) is 4.69. The fraction of sp³-hybridized carbons (Fsp3) is 0.286. The van der Waals surface area contributed by atoms with Crippen molar-refractivity contribution in [1.29, 1.82) is 0 Å². The largest absolute Gasteiger partial charge is 0.481 e. The van der Waals surface area contributed by atoms with Crippen LogP contribution < -0.4 is 0 Å². The first-order chi connectivity index (χ1) is 13.2. The molecular formula is C21H19F3N2O2. The predicted molar refractivity (Wildman–Crippen MR) is 98.2 cm³/mol. The molecule has 1 aromatic carbocycles. The molecule has 0 radical (unpaired) electrons. The van der Waals surface area contributed by atoms with E-state index >= 15 is 0 Å². The van der Waals surface area contributed by atoms with Crippen LogP contribution in [0, 0.1) is 5.41 Å². The summed E-state index contributed by atoms with van der Waals surface area (Å²) in [5.41, 5.74) is 0.495. The smallest absolute Gasteiger partial charge is 0.433 e. The van der Waals surface area contributed by atoms with Crippen molar-refractivity contribution < 1.29 is 23.1 Å². The van der Waals surface area contributed by atoms with Gasteiger partial charge >= 0.3 is 12.1 Å². The Balaban J connectivity index is 1.86. The summed E-state index contributed by atoms with van der Waals surface area (Å²) in [5.74, 6) is -0.866. The maximum Gasteiger partial charge on any atom is 0.433 e. The Morgan fingerprint density at radius 3 is 2.54 bits per heavy atom. The van der Waals surface area contributed by atoms with Crippen molar-refractivity contribution in [2.45, 2.75) is 32.4 Å². The van der Waals surface area contributed by atoms with Gasteiger partial charge in [-0.05, 0) is 37.0 Å². The van der Waals surface area contributed by atoms with Crippen LogP contribution in [0.5, 0.6) is 0 Å². The molecule has 1 aromatic heterocycles. The van der Waals surface area contributed by atoms with Crippen molar-refractivity contribution in [2.24, 2.45) is 5.41 Å². The molecule has 4 nitrogen and oxygen atoms in total. The molecule has 0 bridgehead atoms. The van der Waals surface area contributed by atoms with Gasteiger partial charge in [0.15, 0.2) is 0 Å². The third kappa shape index (κ3) is 4.47. The Bertz CT molecular complexity index is 936. The second kappa shape index (κ2) is 7.58. The average Bonchev–Trinajstić information content (AvgIpc) is 2.66. The molecule has 1 aliphatic rings. The molecule has 0 saturated heterocycles. The number of allylic oxidation sites excluding steroid dienone is 3. The van der Waals surface area contributed by atoms with Crippen molar-refractivity contribution in [2.75, 3.05) is 0 Å². The zero-order valence-electron chi connectivity index (χ0n) is 15.2. The summed E-state index contributed by atoms with van der Waals surface area (Å²) in [6.45, 7) is 1.64. The zero-order valence-corrected chi connectivity index (χ0v) is 15.2. The first-order valence-electron chi connectivity index (χ1n) is 8.78. The average molecular weight is 388 g/mol. The monoisotopic (exact) mass is 388 g/mol. The topological polar surface area (TPSA) is 63.1 Å².